The van der Waals surface area contributed by atoms with Gasteiger partial charge in [0.2, 0.25) is 0 Å². The second-order valence-corrected chi connectivity index (χ2v) is 4.72. The zero-order valence-corrected chi connectivity index (χ0v) is 9.49. The number of rotatable bonds is 2. The van der Waals surface area contributed by atoms with E-state index in [2.05, 4.69) is 9.88 Å². The maximum absolute atomic E-state index is 13.0. The average molecular weight is 224 g/mol. The van der Waals surface area contributed by atoms with Gasteiger partial charge in [0.1, 0.15) is 5.82 Å². The van der Waals surface area contributed by atoms with Gasteiger partial charge in [-0.3, -0.25) is 4.98 Å². The van der Waals surface area contributed by atoms with E-state index in [1.807, 2.05) is 7.05 Å². The Bertz CT molecular complexity index is 362. The summed E-state index contributed by atoms with van der Waals surface area (Å²) in [7, 11) is 2.04. The fourth-order valence-electron chi connectivity index (χ4n) is 2.14. The summed E-state index contributed by atoms with van der Waals surface area (Å²) in [6, 6.07) is 1.45. The van der Waals surface area contributed by atoms with Crippen molar-refractivity contribution in [3.05, 3.63) is 29.8 Å². The van der Waals surface area contributed by atoms with Gasteiger partial charge in [-0.2, -0.15) is 0 Å². The smallest absolute Gasteiger partial charge is 0.141 e. The molecule has 0 atom stereocenters. The highest BCUT2D eigenvalue weighted by Crippen LogP contribution is 2.25. The fraction of sp³-hybridized carbons (Fsp3) is 0.583. The Morgan fingerprint density at radius 2 is 2.12 bits per heavy atom. The molecule has 2 heterocycles. The largest absolute Gasteiger partial charge is 0.389 e. The topological polar surface area (TPSA) is 36.4 Å². The molecule has 1 saturated heterocycles. The van der Waals surface area contributed by atoms with Crippen molar-refractivity contribution in [1.82, 2.24) is 9.88 Å². The van der Waals surface area contributed by atoms with Crippen LogP contribution in [0.1, 0.15) is 18.4 Å². The first-order chi connectivity index (χ1) is 7.57. The molecule has 1 N–H and O–H groups in total. The predicted octanol–water partition coefficient (Wildman–Crippen LogP) is 1.22. The van der Waals surface area contributed by atoms with E-state index in [-0.39, 0.29) is 5.82 Å². The quantitative estimate of drug-likeness (QED) is 0.820. The molecule has 88 valence electrons. The number of nitrogens with zero attached hydrogens (tertiary/aromatic N) is 2. The van der Waals surface area contributed by atoms with Gasteiger partial charge in [0.05, 0.1) is 11.8 Å². The molecule has 0 aromatic carbocycles. The number of aliphatic hydroxyl groups is 1. The summed E-state index contributed by atoms with van der Waals surface area (Å²) in [5, 5.41) is 10.4. The number of likely N-dealkylation sites (tertiary alicyclic amines) is 1. The van der Waals surface area contributed by atoms with Crippen LogP contribution in [0.3, 0.4) is 0 Å². The summed E-state index contributed by atoms with van der Waals surface area (Å²) in [6.45, 7) is 1.78. The normalized spacial score (nSPS) is 20.9. The molecule has 1 aromatic heterocycles. The van der Waals surface area contributed by atoms with Gasteiger partial charge in [0.25, 0.3) is 0 Å². The van der Waals surface area contributed by atoms with E-state index in [9.17, 15) is 9.50 Å². The maximum Gasteiger partial charge on any atom is 0.141 e. The Kier molecular flexibility index (Phi) is 3.21. The summed E-state index contributed by atoms with van der Waals surface area (Å²) in [4.78, 5) is 5.99. The Morgan fingerprint density at radius 1 is 1.44 bits per heavy atom. The summed E-state index contributed by atoms with van der Waals surface area (Å²) in [5.41, 5.74) is 0.0779. The SMILES string of the molecule is CN1CCC(O)(Cc2cncc(F)c2)CC1. The highest BCUT2D eigenvalue weighted by molar-refractivity contribution is 5.13. The standard InChI is InChI=1S/C12H17FN2O/c1-15-4-2-12(16,3-5-15)7-10-6-11(13)9-14-8-10/h6,8-9,16H,2-5,7H2,1H3. The second-order valence-electron chi connectivity index (χ2n) is 4.72. The first kappa shape index (κ1) is 11.5. The van der Waals surface area contributed by atoms with Gasteiger partial charge in [0.15, 0.2) is 0 Å². The van der Waals surface area contributed by atoms with E-state index in [0.717, 1.165) is 31.5 Å². The van der Waals surface area contributed by atoms with E-state index in [0.29, 0.717) is 6.42 Å². The monoisotopic (exact) mass is 224 g/mol. The van der Waals surface area contributed by atoms with E-state index in [4.69, 9.17) is 0 Å². The number of piperidine rings is 1. The highest BCUT2D eigenvalue weighted by atomic mass is 19.1. The third-order valence-electron chi connectivity index (χ3n) is 3.21. The Labute approximate surface area is 94.9 Å². The van der Waals surface area contributed by atoms with Crippen LogP contribution in [0.4, 0.5) is 4.39 Å². The van der Waals surface area contributed by atoms with Gasteiger partial charge in [-0.05, 0) is 31.5 Å². The van der Waals surface area contributed by atoms with Gasteiger partial charge in [-0.25, -0.2) is 4.39 Å². The first-order valence-corrected chi connectivity index (χ1v) is 5.58. The van der Waals surface area contributed by atoms with Crippen LogP contribution in [0.15, 0.2) is 18.5 Å². The second kappa shape index (κ2) is 4.47. The van der Waals surface area contributed by atoms with Crippen LogP contribution in [-0.4, -0.2) is 40.7 Å². The first-order valence-electron chi connectivity index (χ1n) is 5.58. The van der Waals surface area contributed by atoms with Gasteiger partial charge in [-0.1, -0.05) is 0 Å². The van der Waals surface area contributed by atoms with Crippen molar-refractivity contribution in [1.29, 1.82) is 0 Å². The summed E-state index contributed by atoms with van der Waals surface area (Å²) < 4.78 is 13.0. The molecule has 0 radical (unpaired) electrons. The van der Waals surface area contributed by atoms with Crippen molar-refractivity contribution < 1.29 is 9.50 Å². The lowest BCUT2D eigenvalue weighted by atomic mass is 9.86. The number of hydrogen-bond donors (Lipinski definition) is 1. The molecule has 2 rings (SSSR count). The zero-order chi connectivity index (χ0) is 11.6. The fourth-order valence-corrected chi connectivity index (χ4v) is 2.14. The minimum atomic E-state index is -0.692. The van der Waals surface area contributed by atoms with Gasteiger partial charge >= 0.3 is 0 Å². The van der Waals surface area contributed by atoms with Crippen LogP contribution in [-0.2, 0) is 6.42 Å². The van der Waals surface area contributed by atoms with E-state index in [1.54, 1.807) is 6.20 Å². The third kappa shape index (κ3) is 2.77. The third-order valence-corrected chi connectivity index (χ3v) is 3.21. The van der Waals surface area contributed by atoms with Crippen molar-refractivity contribution in [3.8, 4) is 0 Å². The van der Waals surface area contributed by atoms with Crippen molar-refractivity contribution in [3.63, 3.8) is 0 Å². The average Bonchev–Trinajstić information content (AvgIpc) is 2.23. The summed E-state index contributed by atoms with van der Waals surface area (Å²) in [6.07, 6.45) is 4.77. The number of hydrogen-bond acceptors (Lipinski definition) is 3. The molecule has 0 saturated carbocycles. The molecule has 0 amide bonds. The molecule has 0 unspecified atom stereocenters. The molecule has 0 spiro atoms. The molecule has 1 fully saturated rings. The Morgan fingerprint density at radius 3 is 2.75 bits per heavy atom. The molecule has 0 aliphatic carbocycles. The molecule has 1 aliphatic heterocycles. The molecule has 0 bridgehead atoms. The van der Waals surface area contributed by atoms with Crippen molar-refractivity contribution in [2.45, 2.75) is 24.9 Å². The summed E-state index contributed by atoms with van der Waals surface area (Å²) >= 11 is 0. The lowest BCUT2D eigenvalue weighted by molar-refractivity contribution is -0.0151. The van der Waals surface area contributed by atoms with Gasteiger partial charge < -0.3 is 10.0 Å². The molecule has 4 heteroatoms. The molecule has 16 heavy (non-hydrogen) atoms. The van der Waals surface area contributed by atoms with Crippen LogP contribution < -0.4 is 0 Å². The minimum absolute atomic E-state index is 0.339. The maximum atomic E-state index is 13.0. The highest BCUT2D eigenvalue weighted by Gasteiger charge is 2.31. The molecular weight excluding hydrogens is 207 g/mol. The van der Waals surface area contributed by atoms with Crippen molar-refractivity contribution in [2.75, 3.05) is 20.1 Å². The van der Waals surface area contributed by atoms with E-state index >= 15 is 0 Å². The van der Waals surface area contributed by atoms with Crippen LogP contribution in [0.5, 0.6) is 0 Å². The van der Waals surface area contributed by atoms with Crippen LogP contribution >= 0.6 is 0 Å². The molecule has 3 nitrogen and oxygen atoms in total. The van der Waals surface area contributed by atoms with E-state index < -0.39 is 5.60 Å². The molecule has 1 aromatic rings. The van der Waals surface area contributed by atoms with Crippen molar-refractivity contribution in [2.24, 2.45) is 0 Å². The lowest BCUT2D eigenvalue weighted by Gasteiger charge is -2.36. The Hall–Kier alpha value is -1.00. The van der Waals surface area contributed by atoms with Gasteiger partial charge in [-0.15, -0.1) is 0 Å². The van der Waals surface area contributed by atoms with Crippen LogP contribution in [0, 0.1) is 5.82 Å². The van der Waals surface area contributed by atoms with Crippen LogP contribution in [0.25, 0.3) is 0 Å². The lowest BCUT2D eigenvalue weighted by Crippen LogP contribution is -2.44. The zero-order valence-electron chi connectivity index (χ0n) is 9.49. The molecule has 1 aliphatic rings. The summed E-state index contributed by atoms with van der Waals surface area (Å²) in [5.74, 6) is -0.339. The van der Waals surface area contributed by atoms with E-state index in [1.165, 1.54) is 12.3 Å². The van der Waals surface area contributed by atoms with Crippen molar-refractivity contribution >= 4 is 0 Å². The number of pyridine rings is 1. The molecular formula is C12H17FN2O. The Balaban J connectivity index is 2.03. The predicted molar refractivity (Wildman–Crippen MR) is 59.6 cm³/mol. The van der Waals surface area contributed by atoms with Gasteiger partial charge in [0, 0.05) is 25.7 Å². The van der Waals surface area contributed by atoms with Crippen LogP contribution in [0.2, 0.25) is 0 Å². The number of aromatic nitrogens is 1. The number of halogens is 1. The minimum Gasteiger partial charge on any atom is -0.389 e.